The Bertz CT molecular complexity index is 1460. The summed E-state index contributed by atoms with van der Waals surface area (Å²) >= 11 is 1.59. The van der Waals surface area contributed by atoms with Crippen molar-refractivity contribution in [2.24, 2.45) is 0 Å². The van der Waals surface area contributed by atoms with Crippen molar-refractivity contribution in [1.82, 2.24) is 20.2 Å². The average Bonchev–Trinajstić information content (AvgIpc) is 3.15. The second-order valence-electron chi connectivity index (χ2n) is 8.09. The van der Waals surface area contributed by atoms with E-state index < -0.39 is 9.84 Å². The Morgan fingerprint density at radius 2 is 1.85 bits per heavy atom. The lowest BCUT2D eigenvalue weighted by molar-refractivity contribution is 0.122. The van der Waals surface area contributed by atoms with Gasteiger partial charge in [0, 0.05) is 29.8 Å². The average molecular weight is 482 g/mol. The van der Waals surface area contributed by atoms with Gasteiger partial charge in [-0.2, -0.15) is 10.2 Å². The van der Waals surface area contributed by atoms with Crippen molar-refractivity contribution in [3.05, 3.63) is 47.8 Å². The summed E-state index contributed by atoms with van der Waals surface area (Å²) in [5, 5.41) is 8.12. The summed E-state index contributed by atoms with van der Waals surface area (Å²) < 4.78 is 30.8. The van der Waals surface area contributed by atoms with Crippen LogP contribution >= 0.6 is 11.3 Å². The highest BCUT2D eigenvalue weighted by Crippen LogP contribution is 2.42. The highest BCUT2D eigenvalue weighted by Gasteiger charge is 2.23. The highest BCUT2D eigenvalue weighted by molar-refractivity contribution is 7.90. The predicted octanol–water partition coefficient (Wildman–Crippen LogP) is 3.67. The molecule has 33 heavy (non-hydrogen) atoms. The largest absolute Gasteiger partial charge is 0.378 e. The first-order chi connectivity index (χ1) is 15.8. The van der Waals surface area contributed by atoms with Crippen LogP contribution in [-0.2, 0) is 14.6 Å². The molecule has 0 saturated carbocycles. The molecule has 4 heterocycles. The predicted molar refractivity (Wildman–Crippen MR) is 129 cm³/mol. The first-order valence-corrected chi connectivity index (χ1v) is 13.3. The van der Waals surface area contributed by atoms with E-state index in [0.29, 0.717) is 23.9 Å². The summed E-state index contributed by atoms with van der Waals surface area (Å²) in [5.74, 6) is 1.46. The van der Waals surface area contributed by atoms with Gasteiger partial charge in [-0.05, 0) is 43.2 Å². The van der Waals surface area contributed by atoms with Crippen molar-refractivity contribution in [3.63, 3.8) is 0 Å². The van der Waals surface area contributed by atoms with Crippen LogP contribution in [0.25, 0.3) is 32.0 Å². The lowest BCUT2D eigenvalue weighted by Crippen LogP contribution is -2.36. The van der Waals surface area contributed by atoms with Gasteiger partial charge in [-0.3, -0.25) is 0 Å². The lowest BCUT2D eigenvalue weighted by atomic mass is 10.1. The van der Waals surface area contributed by atoms with Crippen LogP contribution in [0.15, 0.2) is 41.4 Å². The van der Waals surface area contributed by atoms with Crippen molar-refractivity contribution < 1.29 is 13.2 Å². The SMILES string of the molecule is Cc1cc(-c2nc(N3CCOCC3)c3sc(-c4cccc(S(C)(=O)=O)c4)c(C)c3n2)cnn1. The summed E-state index contributed by atoms with van der Waals surface area (Å²) in [6.07, 6.45) is 2.90. The van der Waals surface area contributed by atoms with Crippen LogP contribution in [0.5, 0.6) is 0 Å². The van der Waals surface area contributed by atoms with Crippen molar-refractivity contribution in [2.75, 3.05) is 37.5 Å². The molecule has 4 aromatic rings. The molecule has 3 aromatic heterocycles. The minimum Gasteiger partial charge on any atom is -0.378 e. The van der Waals surface area contributed by atoms with Gasteiger partial charge in [0.25, 0.3) is 0 Å². The molecule has 1 aromatic carbocycles. The fourth-order valence-corrected chi connectivity index (χ4v) is 5.86. The summed E-state index contributed by atoms with van der Waals surface area (Å²) in [7, 11) is -3.31. The summed E-state index contributed by atoms with van der Waals surface area (Å²) in [6.45, 7) is 6.69. The number of ether oxygens (including phenoxy) is 1. The number of aromatic nitrogens is 4. The highest BCUT2D eigenvalue weighted by atomic mass is 32.2. The van der Waals surface area contributed by atoms with E-state index in [1.54, 1.807) is 35.7 Å². The Labute approximate surface area is 196 Å². The standard InChI is InChI=1S/C23H23N5O3S2/c1-14-11-17(13-24-27-14)22-25-19-15(2)20(16-5-4-6-18(12-16)33(3,29)30)32-21(19)23(26-22)28-7-9-31-10-8-28/h4-6,11-13H,7-10H2,1-3H3. The summed E-state index contributed by atoms with van der Waals surface area (Å²) in [6, 6.07) is 8.99. The molecule has 0 aliphatic carbocycles. The minimum atomic E-state index is -3.31. The number of anilines is 1. The van der Waals surface area contributed by atoms with Gasteiger partial charge in [-0.25, -0.2) is 18.4 Å². The van der Waals surface area contributed by atoms with Crippen LogP contribution < -0.4 is 4.90 Å². The molecular formula is C23H23N5O3S2. The van der Waals surface area contributed by atoms with E-state index in [2.05, 4.69) is 15.1 Å². The van der Waals surface area contributed by atoms with E-state index in [0.717, 1.165) is 56.4 Å². The number of morpholine rings is 1. The van der Waals surface area contributed by atoms with Gasteiger partial charge in [0.05, 0.1) is 40.2 Å². The molecule has 1 aliphatic heterocycles. The molecule has 0 N–H and O–H groups in total. The number of rotatable bonds is 4. The van der Waals surface area contributed by atoms with E-state index in [4.69, 9.17) is 14.7 Å². The van der Waals surface area contributed by atoms with Gasteiger partial charge in [-0.1, -0.05) is 12.1 Å². The molecule has 10 heteroatoms. The number of hydrogen-bond donors (Lipinski definition) is 0. The van der Waals surface area contributed by atoms with E-state index in [9.17, 15) is 8.42 Å². The third-order valence-corrected chi connectivity index (χ3v) is 8.05. The molecule has 0 atom stereocenters. The number of fused-ring (bicyclic) bond motifs is 1. The molecule has 0 amide bonds. The molecule has 0 unspecified atom stereocenters. The second-order valence-corrected chi connectivity index (χ2v) is 11.1. The van der Waals surface area contributed by atoms with E-state index in [1.165, 1.54) is 6.26 Å². The Kier molecular flexibility index (Phi) is 5.59. The number of nitrogens with zero attached hydrogens (tertiary/aromatic N) is 5. The summed E-state index contributed by atoms with van der Waals surface area (Å²) in [5.41, 5.74) is 4.32. The normalized spacial score (nSPS) is 14.7. The number of sulfone groups is 1. The Morgan fingerprint density at radius 3 is 2.58 bits per heavy atom. The fraction of sp³-hybridized carbons (Fsp3) is 0.304. The van der Waals surface area contributed by atoms with Gasteiger partial charge in [0.2, 0.25) is 0 Å². The maximum absolute atomic E-state index is 12.1. The van der Waals surface area contributed by atoms with Crippen LogP contribution in [0.1, 0.15) is 11.3 Å². The van der Waals surface area contributed by atoms with Crippen LogP contribution in [0.3, 0.4) is 0 Å². The number of aryl methyl sites for hydroxylation is 2. The van der Waals surface area contributed by atoms with Crippen LogP contribution in [0.4, 0.5) is 5.82 Å². The van der Waals surface area contributed by atoms with Crippen LogP contribution in [0, 0.1) is 13.8 Å². The fourth-order valence-electron chi connectivity index (χ4n) is 3.93. The van der Waals surface area contributed by atoms with Gasteiger partial charge in [0.1, 0.15) is 0 Å². The molecule has 1 aliphatic rings. The maximum Gasteiger partial charge on any atom is 0.175 e. The van der Waals surface area contributed by atoms with Crippen molar-refractivity contribution in [2.45, 2.75) is 18.7 Å². The van der Waals surface area contributed by atoms with Gasteiger partial charge >= 0.3 is 0 Å². The molecule has 8 nitrogen and oxygen atoms in total. The molecule has 0 spiro atoms. The van der Waals surface area contributed by atoms with Gasteiger partial charge in [-0.15, -0.1) is 11.3 Å². The zero-order valence-corrected chi connectivity index (χ0v) is 20.2. The van der Waals surface area contributed by atoms with Crippen LogP contribution in [0.2, 0.25) is 0 Å². The third kappa shape index (κ3) is 4.21. The quantitative estimate of drug-likeness (QED) is 0.435. The number of benzene rings is 1. The zero-order chi connectivity index (χ0) is 23.2. The van der Waals surface area contributed by atoms with Gasteiger partial charge < -0.3 is 9.64 Å². The second kappa shape index (κ2) is 8.44. The number of thiophene rings is 1. The monoisotopic (exact) mass is 481 g/mol. The smallest absolute Gasteiger partial charge is 0.175 e. The van der Waals surface area contributed by atoms with Crippen molar-refractivity contribution in [1.29, 1.82) is 0 Å². The molecule has 1 fully saturated rings. The molecule has 0 bridgehead atoms. The van der Waals surface area contributed by atoms with Crippen molar-refractivity contribution >= 4 is 37.2 Å². The zero-order valence-electron chi connectivity index (χ0n) is 18.6. The van der Waals surface area contributed by atoms with Crippen molar-refractivity contribution in [3.8, 4) is 21.8 Å². The first-order valence-electron chi connectivity index (χ1n) is 10.6. The third-order valence-electron chi connectivity index (χ3n) is 5.62. The Hall–Kier alpha value is -2.95. The van der Waals surface area contributed by atoms with E-state index >= 15 is 0 Å². The maximum atomic E-state index is 12.1. The topological polar surface area (TPSA) is 98.2 Å². The molecule has 1 saturated heterocycles. The lowest BCUT2D eigenvalue weighted by Gasteiger charge is -2.28. The molecular weight excluding hydrogens is 458 g/mol. The number of hydrogen-bond acceptors (Lipinski definition) is 9. The summed E-state index contributed by atoms with van der Waals surface area (Å²) in [4.78, 5) is 13.4. The van der Waals surface area contributed by atoms with E-state index in [-0.39, 0.29) is 0 Å². The Balaban J connectivity index is 1.74. The van der Waals surface area contributed by atoms with Crippen LogP contribution in [-0.4, -0.2) is 61.1 Å². The minimum absolute atomic E-state index is 0.301. The molecule has 5 rings (SSSR count). The molecule has 170 valence electrons. The van der Waals surface area contributed by atoms with Gasteiger partial charge in [0.15, 0.2) is 21.5 Å². The molecule has 0 radical (unpaired) electrons. The van der Waals surface area contributed by atoms with E-state index in [1.807, 2.05) is 26.0 Å². The first kappa shape index (κ1) is 21.9. The Morgan fingerprint density at radius 1 is 1.06 bits per heavy atom.